The molecule has 0 bridgehead atoms. The molecule has 4 aromatic rings. The molecule has 0 aliphatic carbocycles. The van der Waals surface area contributed by atoms with Gasteiger partial charge in [0.1, 0.15) is 23.9 Å². The Kier molecular flexibility index (Phi) is 8.77. The molecule has 1 aliphatic rings. The Labute approximate surface area is 227 Å². The third-order valence-corrected chi connectivity index (χ3v) is 6.61. The number of fused-ring (bicyclic) bond motifs is 1. The van der Waals surface area contributed by atoms with E-state index in [0.29, 0.717) is 32.4 Å². The third kappa shape index (κ3) is 6.97. The molecule has 39 heavy (non-hydrogen) atoms. The molecule has 0 amide bonds. The quantitative estimate of drug-likeness (QED) is 0.238. The van der Waals surface area contributed by atoms with Gasteiger partial charge >= 0.3 is 0 Å². The minimum absolute atomic E-state index is 0.242. The number of aromatic nitrogens is 4. The van der Waals surface area contributed by atoms with E-state index in [2.05, 4.69) is 25.3 Å². The molecule has 1 aliphatic heterocycles. The lowest BCUT2D eigenvalue weighted by Gasteiger charge is -2.32. The second-order valence-electron chi connectivity index (χ2n) is 9.48. The number of ether oxygens (including phenoxy) is 3. The van der Waals surface area contributed by atoms with Crippen LogP contribution in [0.4, 0.5) is 10.4 Å². The molecule has 2 aromatic carbocycles. The average molecular weight is 539 g/mol. The number of oxazole rings is 1. The number of halogens is 1. The lowest BCUT2D eigenvalue weighted by atomic mass is 10.0. The van der Waals surface area contributed by atoms with Gasteiger partial charge in [0.2, 0.25) is 5.82 Å². The SMILES string of the molecule is CCOc1cc(CN2CCC(Nc3nc4cc(OCCCn5cncn5)ccc4o3)CC2)cc(OCC)c1F. The van der Waals surface area contributed by atoms with Crippen LogP contribution >= 0.6 is 0 Å². The van der Waals surface area contributed by atoms with E-state index in [1.807, 2.05) is 32.0 Å². The minimum Gasteiger partial charge on any atom is -0.493 e. The van der Waals surface area contributed by atoms with Gasteiger partial charge in [0.25, 0.3) is 6.01 Å². The topological polar surface area (TPSA) is 99.7 Å². The summed E-state index contributed by atoms with van der Waals surface area (Å²) in [5, 5.41) is 7.54. The second-order valence-corrected chi connectivity index (χ2v) is 9.48. The molecule has 10 nitrogen and oxygen atoms in total. The number of nitrogens with one attached hydrogen (secondary N) is 1. The van der Waals surface area contributed by atoms with Gasteiger partial charge in [-0.3, -0.25) is 9.58 Å². The number of anilines is 1. The van der Waals surface area contributed by atoms with Crippen LogP contribution in [0.1, 0.15) is 38.7 Å². The molecule has 0 atom stereocenters. The first kappa shape index (κ1) is 26.7. The Morgan fingerprint density at radius 1 is 1.05 bits per heavy atom. The molecule has 208 valence electrons. The zero-order chi connectivity index (χ0) is 27.0. The largest absolute Gasteiger partial charge is 0.493 e. The number of hydrogen-bond acceptors (Lipinski definition) is 9. The van der Waals surface area contributed by atoms with Crippen molar-refractivity contribution in [2.75, 3.05) is 38.2 Å². The molecule has 11 heteroatoms. The second kappa shape index (κ2) is 12.8. The predicted octanol–water partition coefficient (Wildman–Crippen LogP) is 4.90. The summed E-state index contributed by atoms with van der Waals surface area (Å²) in [6.45, 7) is 8.32. The van der Waals surface area contributed by atoms with Gasteiger partial charge in [0.05, 0.1) is 19.8 Å². The number of rotatable bonds is 13. The van der Waals surface area contributed by atoms with Crippen LogP contribution in [0.3, 0.4) is 0 Å². The molecule has 2 aromatic heterocycles. The van der Waals surface area contributed by atoms with Gasteiger partial charge in [-0.05, 0) is 56.5 Å². The van der Waals surface area contributed by atoms with Crippen molar-refractivity contribution in [1.82, 2.24) is 24.6 Å². The summed E-state index contributed by atoms with van der Waals surface area (Å²) in [5.74, 6) is 0.804. The number of benzene rings is 2. The van der Waals surface area contributed by atoms with E-state index < -0.39 is 5.82 Å². The van der Waals surface area contributed by atoms with E-state index in [9.17, 15) is 4.39 Å². The normalized spacial score (nSPS) is 14.5. The first-order valence-electron chi connectivity index (χ1n) is 13.5. The van der Waals surface area contributed by atoms with Gasteiger partial charge in [-0.1, -0.05) is 0 Å². The summed E-state index contributed by atoms with van der Waals surface area (Å²) >= 11 is 0. The van der Waals surface area contributed by atoms with Crippen molar-refractivity contribution in [1.29, 1.82) is 0 Å². The van der Waals surface area contributed by atoms with Crippen molar-refractivity contribution in [3.8, 4) is 17.2 Å². The van der Waals surface area contributed by atoms with Crippen LogP contribution in [0.5, 0.6) is 17.2 Å². The van der Waals surface area contributed by atoms with Crippen molar-refractivity contribution in [2.45, 2.75) is 52.2 Å². The Morgan fingerprint density at radius 2 is 1.82 bits per heavy atom. The predicted molar refractivity (Wildman–Crippen MR) is 145 cm³/mol. The highest BCUT2D eigenvalue weighted by molar-refractivity contribution is 5.76. The summed E-state index contributed by atoms with van der Waals surface area (Å²) in [6.07, 6.45) is 5.93. The van der Waals surface area contributed by atoms with Crippen LogP contribution < -0.4 is 19.5 Å². The van der Waals surface area contributed by atoms with Crippen molar-refractivity contribution in [2.24, 2.45) is 0 Å². The Morgan fingerprint density at radius 3 is 2.51 bits per heavy atom. The molecule has 0 saturated carbocycles. The van der Waals surface area contributed by atoms with Crippen LogP contribution in [0, 0.1) is 5.82 Å². The molecule has 3 heterocycles. The fourth-order valence-corrected chi connectivity index (χ4v) is 4.73. The van der Waals surface area contributed by atoms with E-state index in [0.717, 1.165) is 61.3 Å². The fourth-order valence-electron chi connectivity index (χ4n) is 4.73. The number of hydrogen-bond donors (Lipinski definition) is 1. The van der Waals surface area contributed by atoms with Gasteiger partial charge in [-0.2, -0.15) is 14.5 Å². The smallest absolute Gasteiger partial charge is 0.295 e. The highest BCUT2D eigenvalue weighted by atomic mass is 19.1. The average Bonchev–Trinajstić information content (AvgIpc) is 3.60. The van der Waals surface area contributed by atoms with E-state index >= 15 is 0 Å². The highest BCUT2D eigenvalue weighted by Crippen LogP contribution is 2.31. The Hall–Kier alpha value is -3.86. The molecule has 0 spiro atoms. The zero-order valence-corrected chi connectivity index (χ0v) is 22.4. The molecule has 1 N–H and O–H groups in total. The number of nitrogens with zero attached hydrogens (tertiary/aromatic N) is 5. The maximum absolute atomic E-state index is 14.6. The summed E-state index contributed by atoms with van der Waals surface area (Å²) in [4.78, 5) is 10.9. The molecular weight excluding hydrogens is 503 g/mol. The van der Waals surface area contributed by atoms with Gasteiger partial charge in [-0.25, -0.2) is 4.98 Å². The van der Waals surface area contributed by atoms with Gasteiger partial charge < -0.3 is 23.9 Å². The highest BCUT2D eigenvalue weighted by Gasteiger charge is 2.22. The summed E-state index contributed by atoms with van der Waals surface area (Å²) < 4.78 is 39.2. The van der Waals surface area contributed by atoms with Crippen molar-refractivity contribution >= 4 is 17.1 Å². The van der Waals surface area contributed by atoms with Crippen LogP contribution in [0.25, 0.3) is 11.1 Å². The van der Waals surface area contributed by atoms with E-state index in [4.69, 9.17) is 18.6 Å². The van der Waals surface area contributed by atoms with Crippen molar-refractivity contribution < 1.29 is 23.0 Å². The molecule has 5 rings (SSSR count). The standard InChI is InChI=1S/C28H35FN6O4/c1-3-36-25-14-20(15-26(27(25)29)37-4-2)17-34-11-8-21(9-12-34)32-28-33-23-16-22(6-7-24(23)39-28)38-13-5-10-35-19-30-18-31-35/h6-7,14-16,18-19,21H,3-5,8-13,17H2,1-2H3,(H,32,33). The summed E-state index contributed by atoms with van der Waals surface area (Å²) in [6, 6.07) is 10.0. The maximum Gasteiger partial charge on any atom is 0.295 e. The summed E-state index contributed by atoms with van der Waals surface area (Å²) in [7, 11) is 0. The molecule has 0 radical (unpaired) electrons. The lowest BCUT2D eigenvalue weighted by molar-refractivity contribution is 0.209. The van der Waals surface area contributed by atoms with Crippen LogP contribution in [-0.2, 0) is 13.1 Å². The number of aryl methyl sites for hydroxylation is 1. The van der Waals surface area contributed by atoms with Crippen LogP contribution in [0.2, 0.25) is 0 Å². The monoisotopic (exact) mass is 538 g/mol. The maximum atomic E-state index is 14.6. The Bertz CT molecular complexity index is 1310. The molecule has 1 saturated heterocycles. The third-order valence-electron chi connectivity index (χ3n) is 6.61. The van der Waals surface area contributed by atoms with Gasteiger partial charge in [-0.15, -0.1) is 0 Å². The number of piperidine rings is 1. The zero-order valence-electron chi connectivity index (χ0n) is 22.4. The van der Waals surface area contributed by atoms with E-state index in [1.54, 1.807) is 23.1 Å². The van der Waals surface area contributed by atoms with Crippen LogP contribution in [-0.4, -0.2) is 63.6 Å². The summed E-state index contributed by atoms with van der Waals surface area (Å²) in [5.41, 5.74) is 2.46. The van der Waals surface area contributed by atoms with Gasteiger partial charge in [0, 0.05) is 44.7 Å². The minimum atomic E-state index is -0.439. The van der Waals surface area contributed by atoms with Gasteiger partial charge in [0.15, 0.2) is 17.1 Å². The fraction of sp³-hybridized carbons (Fsp3) is 0.464. The molecule has 0 unspecified atom stereocenters. The van der Waals surface area contributed by atoms with E-state index in [1.165, 1.54) is 6.33 Å². The Balaban J connectivity index is 1.11. The first-order chi connectivity index (χ1) is 19.1. The first-order valence-corrected chi connectivity index (χ1v) is 13.5. The molecular formula is C28H35FN6O4. The van der Waals surface area contributed by atoms with Crippen LogP contribution in [0.15, 0.2) is 47.4 Å². The van der Waals surface area contributed by atoms with Crippen molar-refractivity contribution in [3.63, 3.8) is 0 Å². The lowest BCUT2D eigenvalue weighted by Crippen LogP contribution is -2.38. The molecule has 1 fully saturated rings. The number of likely N-dealkylation sites (tertiary alicyclic amines) is 1. The van der Waals surface area contributed by atoms with E-state index in [-0.39, 0.29) is 17.5 Å². The van der Waals surface area contributed by atoms with Crippen molar-refractivity contribution in [3.05, 3.63) is 54.4 Å².